The van der Waals surface area contributed by atoms with Crippen LogP contribution in [0.1, 0.15) is 30.1 Å². The molecule has 2 rings (SSSR count). The Morgan fingerprint density at radius 1 is 0.958 bits per heavy atom. The summed E-state index contributed by atoms with van der Waals surface area (Å²) in [5.41, 5.74) is 0.455. The summed E-state index contributed by atoms with van der Waals surface area (Å²) in [6.07, 6.45) is 1.78. The van der Waals surface area contributed by atoms with E-state index in [1.165, 1.54) is 0 Å². The van der Waals surface area contributed by atoms with Gasteiger partial charge in [0.15, 0.2) is 0 Å². The summed E-state index contributed by atoms with van der Waals surface area (Å²) < 4.78 is 10.6. The molecular formula is C19H21NO4. The van der Waals surface area contributed by atoms with Gasteiger partial charge in [0.2, 0.25) is 0 Å². The second kappa shape index (κ2) is 9.35. The number of hydrogen-bond donors (Lipinski definition) is 1. The first-order chi connectivity index (χ1) is 11.7. The zero-order valence-electron chi connectivity index (χ0n) is 13.7. The molecule has 0 fully saturated rings. The molecule has 0 aromatic heterocycles. The third-order valence-electron chi connectivity index (χ3n) is 3.25. The molecule has 0 bridgehead atoms. The van der Waals surface area contributed by atoms with Crippen LogP contribution in [0, 0.1) is 0 Å². The number of rotatable bonds is 8. The lowest BCUT2D eigenvalue weighted by Crippen LogP contribution is -2.30. The van der Waals surface area contributed by atoms with E-state index in [4.69, 9.17) is 9.47 Å². The van der Waals surface area contributed by atoms with Crippen molar-refractivity contribution in [2.45, 2.75) is 19.8 Å². The van der Waals surface area contributed by atoms with Crippen LogP contribution in [0.15, 0.2) is 54.6 Å². The topological polar surface area (TPSA) is 64.6 Å². The maximum atomic E-state index is 12.0. The predicted molar refractivity (Wildman–Crippen MR) is 91.2 cm³/mol. The van der Waals surface area contributed by atoms with Crippen molar-refractivity contribution in [2.75, 3.05) is 13.2 Å². The highest BCUT2D eigenvalue weighted by Crippen LogP contribution is 2.21. The smallest absolute Gasteiger partial charge is 0.325 e. The fourth-order valence-electron chi connectivity index (χ4n) is 1.93. The van der Waals surface area contributed by atoms with Crippen LogP contribution in [0.2, 0.25) is 0 Å². The summed E-state index contributed by atoms with van der Waals surface area (Å²) in [6, 6.07) is 16.1. The highest BCUT2D eigenvalue weighted by Gasteiger charge is 2.09. The molecular weight excluding hydrogens is 306 g/mol. The molecule has 24 heavy (non-hydrogen) atoms. The minimum Gasteiger partial charge on any atom is -0.464 e. The van der Waals surface area contributed by atoms with E-state index >= 15 is 0 Å². The van der Waals surface area contributed by atoms with Crippen LogP contribution in [0.5, 0.6) is 11.5 Å². The Hall–Kier alpha value is -2.82. The van der Waals surface area contributed by atoms with Gasteiger partial charge in [-0.15, -0.1) is 0 Å². The second-order valence-electron chi connectivity index (χ2n) is 5.20. The summed E-state index contributed by atoms with van der Waals surface area (Å²) >= 11 is 0. The van der Waals surface area contributed by atoms with E-state index < -0.39 is 5.97 Å². The number of para-hydroxylation sites is 1. The Morgan fingerprint density at radius 3 is 2.29 bits per heavy atom. The Kier molecular flexibility index (Phi) is 6.83. The number of benzene rings is 2. The quantitative estimate of drug-likeness (QED) is 0.595. The van der Waals surface area contributed by atoms with Gasteiger partial charge in [-0.25, -0.2) is 0 Å². The third-order valence-corrected chi connectivity index (χ3v) is 3.25. The van der Waals surface area contributed by atoms with Crippen LogP contribution in [-0.4, -0.2) is 25.0 Å². The Bertz CT molecular complexity index is 653. The number of nitrogens with one attached hydrogen (secondary N) is 1. The van der Waals surface area contributed by atoms with Crippen molar-refractivity contribution in [3.63, 3.8) is 0 Å². The summed E-state index contributed by atoms with van der Waals surface area (Å²) in [6.45, 7) is 2.27. The number of unbranched alkanes of at least 4 members (excludes halogenated alkanes) is 1. The molecule has 0 aliphatic rings. The van der Waals surface area contributed by atoms with Gasteiger partial charge >= 0.3 is 5.97 Å². The van der Waals surface area contributed by atoms with Gasteiger partial charge in [-0.1, -0.05) is 31.5 Å². The molecule has 1 N–H and O–H groups in total. The van der Waals surface area contributed by atoms with E-state index in [-0.39, 0.29) is 12.5 Å². The lowest BCUT2D eigenvalue weighted by Gasteiger charge is -2.08. The van der Waals surface area contributed by atoms with Crippen LogP contribution in [-0.2, 0) is 9.53 Å². The maximum absolute atomic E-state index is 12.0. The largest absolute Gasteiger partial charge is 0.464 e. The Morgan fingerprint density at radius 2 is 1.62 bits per heavy atom. The van der Waals surface area contributed by atoms with Crippen molar-refractivity contribution >= 4 is 11.9 Å². The zero-order valence-corrected chi connectivity index (χ0v) is 13.7. The molecule has 2 aromatic rings. The second-order valence-corrected chi connectivity index (χ2v) is 5.20. The first-order valence-electron chi connectivity index (χ1n) is 7.96. The van der Waals surface area contributed by atoms with Gasteiger partial charge in [0.05, 0.1) is 6.61 Å². The molecule has 0 radical (unpaired) electrons. The number of carbonyl (C=O) groups excluding carboxylic acids is 2. The van der Waals surface area contributed by atoms with Crippen LogP contribution < -0.4 is 10.1 Å². The summed E-state index contributed by atoms with van der Waals surface area (Å²) in [7, 11) is 0. The Balaban J connectivity index is 1.81. The van der Waals surface area contributed by atoms with Gasteiger partial charge in [-0.2, -0.15) is 0 Å². The molecule has 0 aliphatic heterocycles. The summed E-state index contributed by atoms with van der Waals surface area (Å²) in [5, 5.41) is 2.54. The molecule has 0 heterocycles. The molecule has 0 atom stereocenters. The minimum atomic E-state index is -0.430. The molecule has 0 unspecified atom stereocenters. The van der Waals surface area contributed by atoms with Crippen molar-refractivity contribution in [1.29, 1.82) is 0 Å². The lowest BCUT2D eigenvalue weighted by molar-refractivity contribution is -0.142. The lowest BCUT2D eigenvalue weighted by atomic mass is 10.2. The van der Waals surface area contributed by atoms with Gasteiger partial charge in [-0.05, 0) is 42.8 Å². The molecule has 0 spiro atoms. The maximum Gasteiger partial charge on any atom is 0.325 e. The van der Waals surface area contributed by atoms with Crippen LogP contribution in [0.3, 0.4) is 0 Å². The fourth-order valence-corrected chi connectivity index (χ4v) is 1.93. The number of esters is 1. The average molecular weight is 327 g/mol. The van der Waals surface area contributed by atoms with Gasteiger partial charge < -0.3 is 14.8 Å². The molecule has 1 amide bonds. The minimum absolute atomic E-state index is 0.134. The zero-order chi connectivity index (χ0) is 17.2. The molecule has 0 saturated carbocycles. The standard InChI is InChI=1S/C19H21NO4/c1-2-3-13-23-18(21)14-20-19(22)15-9-11-17(12-10-15)24-16-7-5-4-6-8-16/h4-12H,2-3,13-14H2,1H3,(H,20,22). The summed E-state index contributed by atoms with van der Waals surface area (Å²) in [4.78, 5) is 23.4. The Labute approximate surface area is 141 Å². The SMILES string of the molecule is CCCCOC(=O)CNC(=O)c1ccc(Oc2ccccc2)cc1. The predicted octanol–water partition coefficient (Wildman–Crippen LogP) is 3.55. The van der Waals surface area contributed by atoms with E-state index in [2.05, 4.69) is 5.32 Å². The van der Waals surface area contributed by atoms with Gasteiger partial charge in [0, 0.05) is 5.56 Å². The molecule has 5 nitrogen and oxygen atoms in total. The molecule has 5 heteroatoms. The molecule has 0 aliphatic carbocycles. The molecule has 126 valence electrons. The highest BCUT2D eigenvalue weighted by atomic mass is 16.5. The number of hydrogen-bond acceptors (Lipinski definition) is 4. The van der Waals surface area contributed by atoms with Crippen LogP contribution >= 0.6 is 0 Å². The summed E-state index contributed by atoms with van der Waals surface area (Å²) in [5.74, 6) is 0.607. The van der Waals surface area contributed by atoms with E-state index in [0.717, 1.165) is 18.6 Å². The molecule has 2 aromatic carbocycles. The first kappa shape index (κ1) is 17.5. The van der Waals surface area contributed by atoms with E-state index in [0.29, 0.717) is 17.9 Å². The van der Waals surface area contributed by atoms with Gasteiger partial charge in [0.25, 0.3) is 5.91 Å². The molecule has 0 saturated heterocycles. The van der Waals surface area contributed by atoms with Gasteiger partial charge in [-0.3, -0.25) is 9.59 Å². The third kappa shape index (κ3) is 5.76. The number of carbonyl (C=O) groups is 2. The fraction of sp³-hybridized carbons (Fsp3) is 0.263. The highest BCUT2D eigenvalue weighted by molar-refractivity contribution is 5.96. The van der Waals surface area contributed by atoms with E-state index in [9.17, 15) is 9.59 Å². The van der Waals surface area contributed by atoms with Crippen LogP contribution in [0.4, 0.5) is 0 Å². The van der Waals surface area contributed by atoms with Crippen molar-refractivity contribution in [3.8, 4) is 11.5 Å². The van der Waals surface area contributed by atoms with Crippen molar-refractivity contribution in [3.05, 3.63) is 60.2 Å². The van der Waals surface area contributed by atoms with Gasteiger partial charge in [0.1, 0.15) is 18.0 Å². The van der Waals surface area contributed by atoms with Crippen molar-refractivity contribution < 1.29 is 19.1 Å². The van der Waals surface area contributed by atoms with Crippen molar-refractivity contribution in [2.24, 2.45) is 0 Å². The van der Waals surface area contributed by atoms with E-state index in [1.807, 2.05) is 37.3 Å². The number of amides is 1. The van der Waals surface area contributed by atoms with Crippen molar-refractivity contribution in [1.82, 2.24) is 5.32 Å². The van der Waals surface area contributed by atoms with Crippen LogP contribution in [0.25, 0.3) is 0 Å². The van der Waals surface area contributed by atoms with E-state index in [1.54, 1.807) is 24.3 Å². The first-order valence-corrected chi connectivity index (χ1v) is 7.96. The monoisotopic (exact) mass is 327 g/mol. The number of ether oxygens (including phenoxy) is 2. The normalized spacial score (nSPS) is 10.0. The average Bonchev–Trinajstić information content (AvgIpc) is 2.61.